The minimum Gasteiger partial charge on any atom is -0.344 e. The number of carbonyl (C=O) groups is 1. The highest BCUT2D eigenvalue weighted by Crippen LogP contribution is 2.31. The molecule has 2 N–H and O–H groups in total. The van der Waals surface area contributed by atoms with Crippen LogP contribution in [0.2, 0.25) is 0 Å². The van der Waals surface area contributed by atoms with Gasteiger partial charge in [-0.2, -0.15) is 0 Å². The number of carbonyl (C=O) groups excluding carboxylic acids is 1. The maximum Gasteiger partial charge on any atom is 0.229 e. The molecule has 0 saturated heterocycles. The van der Waals surface area contributed by atoms with E-state index in [0.717, 1.165) is 31.7 Å². The molecule has 0 fully saturated rings. The van der Waals surface area contributed by atoms with Crippen molar-refractivity contribution in [2.45, 2.75) is 59.5 Å². The molecule has 30 heavy (non-hydrogen) atoms. The highest BCUT2D eigenvalue weighted by atomic mass is 16.2. The van der Waals surface area contributed by atoms with Gasteiger partial charge in [0.1, 0.15) is 0 Å². The Balaban J connectivity index is 1.38. The van der Waals surface area contributed by atoms with Crippen molar-refractivity contribution in [3.05, 3.63) is 65.4 Å². The molecule has 1 aliphatic rings. The average Bonchev–Trinajstić information content (AvgIpc) is 3.05. The van der Waals surface area contributed by atoms with E-state index in [-0.39, 0.29) is 5.91 Å². The van der Waals surface area contributed by atoms with E-state index in [0.29, 0.717) is 0 Å². The molecule has 0 atom stereocenters. The van der Waals surface area contributed by atoms with Crippen LogP contribution in [0.15, 0.2) is 48.5 Å². The lowest BCUT2D eigenvalue weighted by Crippen LogP contribution is -2.27. The third-order valence-electron chi connectivity index (χ3n) is 5.99. The summed E-state index contributed by atoms with van der Waals surface area (Å²) in [6.07, 6.45) is 4.82. The van der Waals surface area contributed by atoms with E-state index >= 15 is 0 Å². The van der Waals surface area contributed by atoms with Crippen LogP contribution in [0.25, 0.3) is 10.9 Å². The van der Waals surface area contributed by atoms with E-state index in [4.69, 9.17) is 0 Å². The van der Waals surface area contributed by atoms with E-state index in [1.807, 2.05) is 32.9 Å². The van der Waals surface area contributed by atoms with Crippen LogP contribution in [0, 0.1) is 5.41 Å². The van der Waals surface area contributed by atoms with Crippen molar-refractivity contribution in [2.75, 3.05) is 11.9 Å². The molecule has 1 aliphatic heterocycles. The Labute approximate surface area is 179 Å². The minimum atomic E-state index is -0.395. The van der Waals surface area contributed by atoms with Gasteiger partial charge in [-0.3, -0.25) is 4.79 Å². The second-order valence-corrected chi connectivity index (χ2v) is 9.38. The van der Waals surface area contributed by atoms with Gasteiger partial charge in [0.05, 0.1) is 0 Å². The smallest absolute Gasteiger partial charge is 0.229 e. The highest BCUT2D eigenvalue weighted by Gasteiger charge is 2.21. The van der Waals surface area contributed by atoms with Gasteiger partial charge in [0.2, 0.25) is 5.91 Å². The normalized spacial score (nSPS) is 14.0. The summed E-state index contributed by atoms with van der Waals surface area (Å²) >= 11 is 0. The van der Waals surface area contributed by atoms with E-state index in [1.165, 1.54) is 47.0 Å². The van der Waals surface area contributed by atoms with Crippen molar-refractivity contribution in [2.24, 2.45) is 5.41 Å². The topological polar surface area (TPSA) is 46.1 Å². The van der Waals surface area contributed by atoms with E-state index in [1.54, 1.807) is 0 Å². The summed E-state index contributed by atoms with van der Waals surface area (Å²) in [5.74, 6) is 0.0398. The molecule has 0 unspecified atom stereocenters. The van der Waals surface area contributed by atoms with E-state index in [9.17, 15) is 4.79 Å². The molecule has 158 valence electrons. The van der Waals surface area contributed by atoms with Crippen LogP contribution in [-0.2, 0) is 30.7 Å². The molecule has 4 rings (SSSR count). The molecule has 2 heterocycles. The molecule has 4 heteroatoms. The van der Waals surface area contributed by atoms with Crippen LogP contribution in [0.1, 0.15) is 50.4 Å². The fourth-order valence-corrected chi connectivity index (χ4v) is 4.33. The predicted octanol–water partition coefficient (Wildman–Crippen LogP) is 5.29. The van der Waals surface area contributed by atoms with Crippen molar-refractivity contribution in [1.29, 1.82) is 0 Å². The lowest BCUT2D eigenvalue weighted by atomic mass is 9.95. The third-order valence-corrected chi connectivity index (χ3v) is 5.99. The van der Waals surface area contributed by atoms with Gasteiger partial charge in [0, 0.05) is 40.8 Å². The summed E-state index contributed by atoms with van der Waals surface area (Å²) in [6, 6.07) is 17.0. The summed E-state index contributed by atoms with van der Waals surface area (Å²) in [5.41, 5.74) is 6.10. The number of hydrogen-bond acceptors (Lipinski definition) is 2. The lowest BCUT2D eigenvalue weighted by Gasteiger charge is -2.18. The number of hydrogen-bond donors (Lipinski definition) is 2. The second kappa shape index (κ2) is 8.65. The van der Waals surface area contributed by atoms with Gasteiger partial charge in [-0.15, -0.1) is 0 Å². The summed E-state index contributed by atoms with van der Waals surface area (Å²) in [4.78, 5) is 12.2. The number of aryl methyl sites for hydroxylation is 1. The first kappa shape index (κ1) is 20.7. The summed E-state index contributed by atoms with van der Waals surface area (Å²) in [5, 5.41) is 8.04. The number of fused-ring (bicyclic) bond motifs is 3. The molecule has 0 radical (unpaired) electrons. The van der Waals surface area contributed by atoms with E-state index < -0.39 is 5.41 Å². The zero-order valence-electron chi connectivity index (χ0n) is 18.4. The van der Waals surface area contributed by atoms with Crippen LogP contribution in [0.4, 0.5) is 5.69 Å². The van der Waals surface area contributed by atoms with Gasteiger partial charge in [0.25, 0.3) is 0 Å². The molecular weight excluding hydrogens is 370 g/mol. The molecule has 2 aromatic carbocycles. The van der Waals surface area contributed by atoms with Gasteiger partial charge in [0.15, 0.2) is 0 Å². The Kier molecular flexibility index (Phi) is 5.96. The van der Waals surface area contributed by atoms with Crippen molar-refractivity contribution >= 4 is 22.5 Å². The number of nitrogens with one attached hydrogen (secondary N) is 2. The Morgan fingerprint density at radius 1 is 1.07 bits per heavy atom. The highest BCUT2D eigenvalue weighted by molar-refractivity contribution is 5.94. The van der Waals surface area contributed by atoms with Crippen LogP contribution in [0.5, 0.6) is 0 Å². The zero-order valence-corrected chi connectivity index (χ0v) is 18.4. The number of para-hydroxylation sites is 1. The first-order valence-corrected chi connectivity index (χ1v) is 11.1. The lowest BCUT2D eigenvalue weighted by molar-refractivity contribution is -0.123. The zero-order chi connectivity index (χ0) is 21.1. The summed E-state index contributed by atoms with van der Waals surface area (Å²) in [7, 11) is 0. The Bertz CT molecular complexity index is 1040. The number of aromatic nitrogens is 1. The maximum absolute atomic E-state index is 12.2. The first-order chi connectivity index (χ1) is 14.4. The number of nitrogens with zero attached hydrogens (tertiary/aromatic N) is 1. The SMILES string of the molecule is CC(C)(C)C(=O)Nc1cccc(CNCCc2c3n(c4ccccc24)CCCC3)c1. The molecule has 1 aromatic heterocycles. The Morgan fingerprint density at radius 2 is 1.90 bits per heavy atom. The Hall–Kier alpha value is -2.59. The molecule has 3 aromatic rings. The summed E-state index contributed by atoms with van der Waals surface area (Å²) in [6.45, 7) is 8.68. The van der Waals surface area contributed by atoms with Crippen molar-refractivity contribution < 1.29 is 4.79 Å². The molecule has 0 bridgehead atoms. The standard InChI is InChI=1S/C26H33N3O/c1-26(2,3)25(30)28-20-10-8-9-19(17-20)18-27-15-14-22-21-11-4-5-12-23(21)29-16-7-6-13-24(22)29/h4-5,8-12,17,27H,6-7,13-16,18H2,1-3H3,(H,28,30). The minimum absolute atomic E-state index is 0.0398. The maximum atomic E-state index is 12.2. The van der Waals surface area contributed by atoms with Crippen molar-refractivity contribution in [1.82, 2.24) is 9.88 Å². The number of anilines is 1. The average molecular weight is 404 g/mol. The van der Waals surface area contributed by atoms with Gasteiger partial charge in [-0.25, -0.2) is 0 Å². The number of benzene rings is 2. The van der Waals surface area contributed by atoms with Gasteiger partial charge < -0.3 is 15.2 Å². The van der Waals surface area contributed by atoms with Crippen LogP contribution >= 0.6 is 0 Å². The van der Waals surface area contributed by atoms with Crippen LogP contribution < -0.4 is 10.6 Å². The quantitative estimate of drug-likeness (QED) is 0.549. The monoisotopic (exact) mass is 403 g/mol. The van der Waals surface area contributed by atoms with E-state index in [2.05, 4.69) is 51.6 Å². The van der Waals surface area contributed by atoms with Gasteiger partial charge in [-0.05, 0) is 61.6 Å². The molecule has 1 amide bonds. The fourth-order valence-electron chi connectivity index (χ4n) is 4.33. The molecule has 0 saturated carbocycles. The molecular formula is C26H33N3O. The molecule has 0 aliphatic carbocycles. The predicted molar refractivity (Wildman–Crippen MR) is 125 cm³/mol. The number of rotatable bonds is 6. The summed E-state index contributed by atoms with van der Waals surface area (Å²) < 4.78 is 2.54. The van der Waals surface area contributed by atoms with Crippen molar-refractivity contribution in [3.63, 3.8) is 0 Å². The second-order valence-electron chi connectivity index (χ2n) is 9.38. The first-order valence-electron chi connectivity index (χ1n) is 11.1. The largest absolute Gasteiger partial charge is 0.344 e. The fraction of sp³-hybridized carbons (Fsp3) is 0.423. The van der Waals surface area contributed by atoms with Gasteiger partial charge in [-0.1, -0.05) is 51.1 Å². The number of amides is 1. The van der Waals surface area contributed by atoms with Crippen LogP contribution in [0.3, 0.4) is 0 Å². The third kappa shape index (κ3) is 4.44. The Morgan fingerprint density at radius 3 is 2.73 bits per heavy atom. The van der Waals surface area contributed by atoms with Gasteiger partial charge >= 0.3 is 0 Å². The van der Waals surface area contributed by atoms with Crippen molar-refractivity contribution in [3.8, 4) is 0 Å². The molecule has 4 nitrogen and oxygen atoms in total. The molecule has 0 spiro atoms. The van der Waals surface area contributed by atoms with Crippen LogP contribution in [-0.4, -0.2) is 17.0 Å².